The third kappa shape index (κ3) is 4.24. The van der Waals surface area contributed by atoms with Crippen LogP contribution in [-0.2, 0) is 28.6 Å². The molecule has 0 fully saturated rings. The van der Waals surface area contributed by atoms with E-state index in [4.69, 9.17) is 4.74 Å². The van der Waals surface area contributed by atoms with Crippen LogP contribution in [0.4, 0.5) is 13.2 Å². The smallest absolute Gasteiger partial charge is 0.466 e. The Morgan fingerprint density at radius 1 is 1.15 bits per heavy atom. The zero-order chi connectivity index (χ0) is 20.3. The molecule has 1 atom stereocenters. The van der Waals surface area contributed by atoms with E-state index in [0.717, 1.165) is 13.2 Å². The standard InChI is InChI=1S/C16H15F3O7S/c1-24-14(21)15(25-13(20)11-7-3-2-4-8-11)10-6-5-9-12(15)26-27(22,23)16(17,18)19/h2-4,7-9H,5-6,10H2,1H3/t15-/m1/s1. The summed E-state index contributed by atoms with van der Waals surface area (Å²) in [6.45, 7) is 0. The molecule has 0 unspecified atom stereocenters. The van der Waals surface area contributed by atoms with Crippen LogP contribution in [0.3, 0.4) is 0 Å². The number of carbonyl (C=O) groups excluding carboxylic acids is 2. The van der Waals surface area contributed by atoms with E-state index in [0.29, 0.717) is 0 Å². The first-order valence-corrected chi connectivity index (χ1v) is 9.02. The fourth-order valence-corrected chi connectivity index (χ4v) is 2.97. The van der Waals surface area contributed by atoms with E-state index in [9.17, 15) is 31.2 Å². The monoisotopic (exact) mass is 408 g/mol. The van der Waals surface area contributed by atoms with Crippen LogP contribution in [0.15, 0.2) is 42.2 Å². The van der Waals surface area contributed by atoms with Gasteiger partial charge in [-0.15, -0.1) is 0 Å². The molecule has 0 amide bonds. The van der Waals surface area contributed by atoms with Crippen molar-refractivity contribution in [2.75, 3.05) is 7.11 Å². The van der Waals surface area contributed by atoms with Crippen molar-refractivity contribution in [2.45, 2.75) is 30.4 Å². The molecule has 0 spiro atoms. The van der Waals surface area contributed by atoms with Crippen molar-refractivity contribution in [1.82, 2.24) is 0 Å². The molecule has 0 aliphatic heterocycles. The molecule has 2 rings (SSSR count). The van der Waals surface area contributed by atoms with Gasteiger partial charge in [0.05, 0.1) is 12.7 Å². The first kappa shape index (κ1) is 20.7. The molecule has 27 heavy (non-hydrogen) atoms. The molecule has 0 saturated carbocycles. The molecule has 11 heteroatoms. The minimum Gasteiger partial charge on any atom is -0.466 e. The number of halogens is 3. The molecule has 0 radical (unpaired) electrons. The molecule has 7 nitrogen and oxygen atoms in total. The minimum atomic E-state index is -6.08. The summed E-state index contributed by atoms with van der Waals surface area (Å²) in [5.41, 5.74) is -8.17. The molecule has 0 heterocycles. The van der Waals surface area contributed by atoms with Crippen LogP contribution in [-0.4, -0.2) is 38.6 Å². The van der Waals surface area contributed by atoms with Gasteiger partial charge in [-0.2, -0.15) is 21.6 Å². The lowest BCUT2D eigenvalue weighted by Crippen LogP contribution is -2.49. The van der Waals surface area contributed by atoms with Crippen molar-refractivity contribution in [2.24, 2.45) is 0 Å². The lowest BCUT2D eigenvalue weighted by Gasteiger charge is -2.34. The van der Waals surface area contributed by atoms with Crippen molar-refractivity contribution in [3.63, 3.8) is 0 Å². The molecular weight excluding hydrogens is 393 g/mol. The van der Waals surface area contributed by atoms with E-state index in [2.05, 4.69) is 8.92 Å². The Morgan fingerprint density at radius 2 is 1.78 bits per heavy atom. The van der Waals surface area contributed by atoms with Gasteiger partial charge in [0.1, 0.15) is 0 Å². The number of hydrogen-bond acceptors (Lipinski definition) is 7. The molecule has 1 aromatic rings. The zero-order valence-electron chi connectivity index (χ0n) is 14.0. The van der Waals surface area contributed by atoms with Crippen LogP contribution in [0, 0.1) is 0 Å². The summed E-state index contributed by atoms with van der Waals surface area (Å²) in [5, 5.41) is 0. The summed E-state index contributed by atoms with van der Waals surface area (Å²) in [4.78, 5) is 24.7. The highest BCUT2D eigenvalue weighted by Crippen LogP contribution is 2.39. The molecule has 1 aromatic carbocycles. The molecular formula is C16H15F3O7S. The van der Waals surface area contributed by atoms with E-state index >= 15 is 0 Å². The Balaban J connectivity index is 2.45. The van der Waals surface area contributed by atoms with Crippen LogP contribution < -0.4 is 0 Å². The van der Waals surface area contributed by atoms with Crippen molar-refractivity contribution in [1.29, 1.82) is 0 Å². The summed E-state index contributed by atoms with van der Waals surface area (Å²) in [5.74, 6) is -3.26. The second kappa shape index (κ2) is 7.59. The quantitative estimate of drug-likeness (QED) is 0.420. The van der Waals surface area contributed by atoms with Crippen LogP contribution in [0.5, 0.6) is 0 Å². The first-order valence-electron chi connectivity index (χ1n) is 7.62. The van der Waals surface area contributed by atoms with Crippen molar-refractivity contribution in [3.8, 4) is 0 Å². The topological polar surface area (TPSA) is 96.0 Å². The van der Waals surface area contributed by atoms with E-state index in [1.165, 1.54) is 24.3 Å². The number of rotatable bonds is 5. The predicted molar refractivity (Wildman–Crippen MR) is 84.6 cm³/mol. The zero-order valence-corrected chi connectivity index (χ0v) is 14.8. The highest BCUT2D eigenvalue weighted by molar-refractivity contribution is 7.87. The number of esters is 2. The van der Waals surface area contributed by atoms with Crippen molar-refractivity contribution < 1.29 is 44.8 Å². The maximum atomic E-state index is 12.7. The fraction of sp³-hybridized carbons (Fsp3) is 0.375. The maximum Gasteiger partial charge on any atom is 0.534 e. The Kier molecular flexibility index (Phi) is 5.83. The molecule has 0 bridgehead atoms. The average molecular weight is 408 g/mol. The normalized spacial score (nSPS) is 20.4. The van der Waals surface area contributed by atoms with E-state index in [1.54, 1.807) is 6.07 Å². The average Bonchev–Trinajstić information content (AvgIpc) is 2.62. The Hall–Kier alpha value is -2.56. The van der Waals surface area contributed by atoms with Gasteiger partial charge < -0.3 is 13.7 Å². The van der Waals surface area contributed by atoms with Gasteiger partial charge in [-0.1, -0.05) is 18.2 Å². The largest absolute Gasteiger partial charge is 0.534 e. The third-order valence-corrected chi connectivity index (χ3v) is 4.70. The van der Waals surface area contributed by atoms with Crippen molar-refractivity contribution in [3.05, 3.63) is 47.7 Å². The summed E-state index contributed by atoms with van der Waals surface area (Å²) in [7, 11) is -5.16. The number of ether oxygens (including phenoxy) is 2. The summed E-state index contributed by atoms with van der Waals surface area (Å²) in [6.07, 6.45) is 0.986. The van der Waals surface area contributed by atoms with Crippen molar-refractivity contribution >= 4 is 22.1 Å². The molecule has 1 aliphatic rings. The molecule has 1 aliphatic carbocycles. The number of allylic oxidation sites excluding steroid dienone is 1. The number of hydrogen-bond donors (Lipinski definition) is 0. The van der Waals surface area contributed by atoms with Crippen LogP contribution in [0.2, 0.25) is 0 Å². The molecule has 0 N–H and O–H groups in total. The highest BCUT2D eigenvalue weighted by atomic mass is 32.2. The van der Waals surface area contributed by atoms with Gasteiger partial charge in [0.25, 0.3) is 5.60 Å². The highest BCUT2D eigenvalue weighted by Gasteiger charge is 2.56. The van der Waals surface area contributed by atoms with Gasteiger partial charge in [-0.25, -0.2) is 9.59 Å². The minimum absolute atomic E-state index is 0.00406. The molecule has 0 aromatic heterocycles. The van der Waals surface area contributed by atoms with Gasteiger partial charge in [-0.05, 0) is 31.1 Å². The lowest BCUT2D eigenvalue weighted by atomic mass is 9.88. The summed E-state index contributed by atoms with van der Waals surface area (Å²) < 4.78 is 74.7. The van der Waals surface area contributed by atoms with Gasteiger partial charge >= 0.3 is 27.6 Å². The van der Waals surface area contributed by atoms with Gasteiger partial charge in [0.15, 0.2) is 5.76 Å². The lowest BCUT2D eigenvalue weighted by molar-refractivity contribution is -0.163. The number of carbonyl (C=O) groups is 2. The molecule has 148 valence electrons. The van der Waals surface area contributed by atoms with E-state index in [1.807, 2.05) is 0 Å². The fourth-order valence-electron chi connectivity index (χ4n) is 2.44. The number of benzene rings is 1. The SMILES string of the molecule is COC(=O)[C@@]1(OC(=O)c2ccccc2)CCCC=C1OS(=O)(=O)C(F)(F)F. The predicted octanol–water partition coefficient (Wildman–Crippen LogP) is 2.69. The van der Waals surface area contributed by atoms with Gasteiger partial charge in [0.2, 0.25) is 0 Å². The van der Waals surface area contributed by atoms with Gasteiger partial charge in [0, 0.05) is 6.42 Å². The van der Waals surface area contributed by atoms with E-state index < -0.39 is 38.9 Å². The molecule has 0 saturated heterocycles. The number of methoxy groups -OCH3 is 1. The van der Waals surface area contributed by atoms with E-state index in [-0.39, 0.29) is 24.8 Å². The second-order valence-corrected chi connectivity index (χ2v) is 7.06. The van der Waals surface area contributed by atoms with Crippen LogP contribution in [0.1, 0.15) is 29.6 Å². The third-order valence-electron chi connectivity index (χ3n) is 3.74. The number of alkyl halides is 3. The first-order chi connectivity index (χ1) is 12.5. The Labute approximate surface area is 152 Å². The summed E-state index contributed by atoms with van der Waals surface area (Å²) in [6, 6.07) is 7.32. The maximum absolute atomic E-state index is 12.7. The summed E-state index contributed by atoms with van der Waals surface area (Å²) >= 11 is 0. The Bertz CT molecular complexity index is 847. The second-order valence-electron chi connectivity index (χ2n) is 5.52. The van der Waals surface area contributed by atoms with Crippen LogP contribution in [0.25, 0.3) is 0 Å². The Morgan fingerprint density at radius 3 is 2.33 bits per heavy atom. The van der Waals surface area contributed by atoms with Crippen LogP contribution >= 0.6 is 0 Å². The van der Waals surface area contributed by atoms with Gasteiger partial charge in [-0.3, -0.25) is 0 Å².